The molecule has 7 rings (SSSR count). The Kier molecular flexibility index (Phi) is 6.80. The maximum Gasteiger partial charge on any atom is 0.210 e. The third-order valence-corrected chi connectivity index (χ3v) is 7.85. The van der Waals surface area contributed by atoms with E-state index in [1.54, 1.807) is 0 Å². The van der Waals surface area contributed by atoms with Crippen LogP contribution in [0.25, 0.3) is 22.3 Å². The molecule has 0 aromatic heterocycles. The first-order valence-electron chi connectivity index (χ1n) is 14.1. The van der Waals surface area contributed by atoms with Crippen molar-refractivity contribution in [2.24, 2.45) is 0 Å². The zero-order chi connectivity index (χ0) is 27.4. The maximum atomic E-state index is 3.91. The molecule has 0 aliphatic carbocycles. The predicted octanol–water partition coefficient (Wildman–Crippen LogP) is 9.83. The van der Waals surface area contributed by atoms with Gasteiger partial charge in [-0.2, -0.15) is 0 Å². The molecule has 1 fully saturated rings. The number of rotatable bonds is 6. The molecule has 1 aliphatic heterocycles. The molecule has 2 nitrogen and oxygen atoms in total. The summed E-state index contributed by atoms with van der Waals surface area (Å²) in [4.78, 5) is 4.72. The first-order valence-corrected chi connectivity index (χ1v) is 14.1. The lowest BCUT2D eigenvalue weighted by Gasteiger charge is -2.31. The Hall–Kier alpha value is -5.08. The number of para-hydroxylation sites is 2. The van der Waals surface area contributed by atoms with Crippen LogP contribution in [-0.2, 0) is 0 Å². The zero-order valence-corrected chi connectivity index (χ0v) is 22.7. The van der Waals surface area contributed by atoms with Gasteiger partial charge in [0.2, 0.25) is 6.67 Å². The third kappa shape index (κ3) is 4.79. The zero-order valence-electron chi connectivity index (χ0n) is 22.7. The molecule has 1 aliphatic rings. The fourth-order valence-corrected chi connectivity index (χ4v) is 5.98. The van der Waals surface area contributed by atoms with Crippen molar-refractivity contribution in [3.8, 4) is 22.3 Å². The second-order valence-electron chi connectivity index (χ2n) is 10.3. The Bertz CT molecular complexity index is 1590. The molecular weight excluding hydrogens is 496 g/mol. The van der Waals surface area contributed by atoms with Gasteiger partial charge in [-0.15, -0.1) is 0 Å². The highest BCUT2D eigenvalue weighted by atomic mass is 15.4. The Morgan fingerprint density at radius 1 is 0.341 bits per heavy atom. The van der Waals surface area contributed by atoms with E-state index in [0.29, 0.717) is 0 Å². The van der Waals surface area contributed by atoms with Crippen molar-refractivity contribution in [3.63, 3.8) is 0 Å². The molecular formula is C39H30N2. The van der Waals surface area contributed by atoms with Crippen LogP contribution in [0.5, 0.6) is 0 Å². The van der Waals surface area contributed by atoms with Crippen molar-refractivity contribution in [2.75, 3.05) is 9.80 Å². The van der Waals surface area contributed by atoms with E-state index in [9.17, 15) is 0 Å². The highest BCUT2D eigenvalue weighted by molar-refractivity contribution is 5.84. The van der Waals surface area contributed by atoms with Gasteiger partial charge >= 0.3 is 0 Å². The summed E-state index contributed by atoms with van der Waals surface area (Å²) in [5.41, 5.74) is 9.51. The molecule has 2 heteroatoms. The van der Waals surface area contributed by atoms with Crippen molar-refractivity contribution in [1.82, 2.24) is 0 Å². The second-order valence-corrected chi connectivity index (χ2v) is 10.3. The van der Waals surface area contributed by atoms with E-state index in [0.717, 1.165) is 11.4 Å². The summed E-state index contributed by atoms with van der Waals surface area (Å²) in [7, 11) is 0. The van der Waals surface area contributed by atoms with E-state index in [2.05, 4.69) is 186 Å². The highest BCUT2D eigenvalue weighted by Crippen LogP contribution is 2.52. The van der Waals surface area contributed by atoms with Crippen LogP contribution in [-0.4, -0.2) is 0 Å². The normalized spacial score (nSPS) is 16.6. The van der Waals surface area contributed by atoms with Crippen LogP contribution in [0, 0.1) is 6.67 Å². The van der Waals surface area contributed by atoms with Gasteiger partial charge in [-0.3, -0.25) is 0 Å². The van der Waals surface area contributed by atoms with Crippen molar-refractivity contribution in [2.45, 2.75) is 12.1 Å². The van der Waals surface area contributed by atoms with Gasteiger partial charge < -0.3 is 9.80 Å². The van der Waals surface area contributed by atoms with Gasteiger partial charge in [0.05, 0.1) is 12.1 Å². The Morgan fingerprint density at radius 2 is 0.659 bits per heavy atom. The van der Waals surface area contributed by atoms with Gasteiger partial charge in [0.1, 0.15) is 0 Å². The van der Waals surface area contributed by atoms with Gasteiger partial charge in [-0.25, -0.2) is 0 Å². The summed E-state index contributed by atoms with van der Waals surface area (Å²) in [5, 5.41) is 0. The predicted molar refractivity (Wildman–Crippen MR) is 170 cm³/mol. The van der Waals surface area contributed by atoms with Crippen molar-refractivity contribution in [1.29, 1.82) is 0 Å². The first-order chi connectivity index (χ1) is 20.4. The average molecular weight is 527 g/mol. The van der Waals surface area contributed by atoms with Crippen LogP contribution in [0.15, 0.2) is 170 Å². The number of nitrogens with zero attached hydrogens (tertiary/aromatic N) is 2. The number of benzene rings is 6. The lowest BCUT2D eigenvalue weighted by atomic mass is 9.91. The van der Waals surface area contributed by atoms with Crippen LogP contribution in [0.4, 0.5) is 11.4 Å². The molecule has 1 saturated heterocycles. The minimum Gasteiger partial charge on any atom is -0.331 e. The molecule has 196 valence electrons. The van der Waals surface area contributed by atoms with Gasteiger partial charge in [0.25, 0.3) is 0 Å². The second kappa shape index (κ2) is 11.2. The molecule has 2 radical (unpaired) electrons. The first kappa shape index (κ1) is 24.9. The fraction of sp³-hybridized carbons (Fsp3) is 0.0513. The Labute approximate surface area is 242 Å². The molecule has 1 heterocycles. The molecule has 6 aromatic rings. The molecule has 0 spiro atoms. The minimum absolute atomic E-state index is 0.00714. The summed E-state index contributed by atoms with van der Waals surface area (Å²) in [6.45, 7) is 3.91. The minimum atomic E-state index is -0.00714. The molecule has 41 heavy (non-hydrogen) atoms. The van der Waals surface area contributed by atoms with Crippen molar-refractivity contribution >= 4 is 11.4 Å². The lowest BCUT2D eigenvalue weighted by Crippen LogP contribution is -2.24. The SMILES string of the molecule is [C]1N(c2ccccc2-c2ccccc2)[C@H](c2ccccc2)[C@@H](c2ccccc2)N1c1ccccc1-c1ccccc1. The summed E-state index contributed by atoms with van der Waals surface area (Å²) in [6.07, 6.45) is 0. The molecule has 0 unspecified atom stereocenters. The van der Waals surface area contributed by atoms with Gasteiger partial charge in [-0.1, -0.05) is 158 Å². The monoisotopic (exact) mass is 526 g/mol. The average Bonchev–Trinajstić information content (AvgIpc) is 3.47. The van der Waals surface area contributed by atoms with Crippen LogP contribution < -0.4 is 9.80 Å². The molecule has 2 atom stereocenters. The van der Waals surface area contributed by atoms with Crippen LogP contribution in [0.3, 0.4) is 0 Å². The van der Waals surface area contributed by atoms with Crippen LogP contribution in [0.2, 0.25) is 0 Å². The van der Waals surface area contributed by atoms with E-state index in [1.807, 2.05) is 0 Å². The molecule has 0 saturated carbocycles. The number of hydrogen-bond acceptors (Lipinski definition) is 2. The Balaban J connectivity index is 1.46. The van der Waals surface area contributed by atoms with E-state index in [1.165, 1.54) is 33.4 Å². The Morgan fingerprint density at radius 3 is 1.05 bits per heavy atom. The van der Waals surface area contributed by atoms with E-state index in [-0.39, 0.29) is 12.1 Å². The standard InChI is InChI=1S/C39H30N2/c1-5-17-30(18-6-1)34-25-13-15-27-36(34)40-29-41(37-28-16-14-26-35(37)31-19-7-2-8-20-31)39(33-23-11-4-12-24-33)38(40)32-21-9-3-10-22-32/h1-28,38-39H/t38-,39-/m1/s1. The largest absolute Gasteiger partial charge is 0.331 e. The molecule has 6 aromatic carbocycles. The molecule has 0 N–H and O–H groups in total. The maximum absolute atomic E-state index is 3.91. The topological polar surface area (TPSA) is 6.48 Å². The van der Waals surface area contributed by atoms with Crippen LogP contribution >= 0.6 is 0 Å². The van der Waals surface area contributed by atoms with Crippen molar-refractivity contribution < 1.29 is 0 Å². The fourth-order valence-electron chi connectivity index (χ4n) is 5.98. The third-order valence-electron chi connectivity index (χ3n) is 7.85. The van der Waals surface area contributed by atoms with Gasteiger partial charge in [-0.05, 0) is 34.4 Å². The number of anilines is 2. The van der Waals surface area contributed by atoms with E-state index in [4.69, 9.17) is 0 Å². The summed E-state index contributed by atoms with van der Waals surface area (Å²) < 4.78 is 0. The smallest absolute Gasteiger partial charge is 0.210 e. The lowest BCUT2D eigenvalue weighted by molar-refractivity contribution is 0.619. The van der Waals surface area contributed by atoms with E-state index >= 15 is 0 Å². The highest BCUT2D eigenvalue weighted by Gasteiger charge is 2.44. The summed E-state index contributed by atoms with van der Waals surface area (Å²) in [5.74, 6) is 0. The molecule has 0 bridgehead atoms. The van der Waals surface area contributed by atoms with E-state index < -0.39 is 0 Å². The quantitative estimate of drug-likeness (QED) is 0.213. The summed E-state index contributed by atoms with van der Waals surface area (Å²) in [6, 6.07) is 60.4. The number of hydrogen-bond donors (Lipinski definition) is 0. The van der Waals surface area contributed by atoms with Gasteiger partial charge in [0, 0.05) is 22.5 Å². The van der Waals surface area contributed by atoms with Crippen LogP contribution in [0.1, 0.15) is 23.2 Å². The summed E-state index contributed by atoms with van der Waals surface area (Å²) >= 11 is 0. The molecule has 0 amide bonds. The van der Waals surface area contributed by atoms with Gasteiger partial charge in [0.15, 0.2) is 0 Å². The van der Waals surface area contributed by atoms with Crippen molar-refractivity contribution in [3.05, 3.63) is 188 Å².